The number of benzene rings is 1. The highest BCUT2D eigenvalue weighted by atomic mass is 19.1. The largest absolute Gasteiger partial charge is 0.307 e. The molecule has 2 aliphatic rings. The van der Waals surface area contributed by atoms with E-state index in [1.54, 1.807) is 6.07 Å². The lowest BCUT2D eigenvalue weighted by Gasteiger charge is -2.14. The van der Waals surface area contributed by atoms with E-state index >= 15 is 0 Å². The highest BCUT2D eigenvalue weighted by molar-refractivity contribution is 5.65. The van der Waals surface area contributed by atoms with Gasteiger partial charge >= 0.3 is 0 Å². The highest BCUT2D eigenvalue weighted by Gasteiger charge is 2.27. The fourth-order valence-corrected chi connectivity index (χ4v) is 3.83. The number of nitrogens with one attached hydrogen (secondary N) is 2. The summed E-state index contributed by atoms with van der Waals surface area (Å²) in [5.74, 6) is 3.30. The molecule has 2 heterocycles. The van der Waals surface area contributed by atoms with Gasteiger partial charge in [-0.05, 0) is 44.1 Å². The number of aromatic amines is 1. The standard InChI is InChI=1S/C21H23FN6/c22-12-14-6-4-5-7-15(14)19-23-17-9-3-1-2-8-16(17)20(24-19)26-21-25-18(27-28-21)13-10-11-13/h4-7,13H,1-3,8-12H2,(H2,23,24,25,26,27,28). The summed E-state index contributed by atoms with van der Waals surface area (Å²) < 4.78 is 13.5. The average molecular weight is 378 g/mol. The summed E-state index contributed by atoms with van der Waals surface area (Å²) in [6.45, 7) is -0.537. The molecule has 0 atom stereocenters. The molecule has 0 aliphatic heterocycles. The van der Waals surface area contributed by atoms with Gasteiger partial charge in [0.05, 0.1) is 0 Å². The minimum absolute atomic E-state index is 0.512. The summed E-state index contributed by atoms with van der Waals surface area (Å²) in [4.78, 5) is 14.2. The Morgan fingerprint density at radius 2 is 1.89 bits per heavy atom. The minimum atomic E-state index is -0.537. The highest BCUT2D eigenvalue weighted by Crippen LogP contribution is 2.38. The van der Waals surface area contributed by atoms with Gasteiger partial charge in [-0.3, -0.25) is 5.10 Å². The maximum absolute atomic E-state index is 13.5. The molecule has 1 saturated carbocycles. The third kappa shape index (κ3) is 3.37. The summed E-state index contributed by atoms with van der Waals surface area (Å²) in [5, 5.41) is 10.7. The van der Waals surface area contributed by atoms with Gasteiger partial charge in [0, 0.05) is 22.7 Å². The number of alkyl halides is 1. The second kappa shape index (κ2) is 7.30. The first-order valence-electron chi connectivity index (χ1n) is 10.0. The molecule has 0 bridgehead atoms. The van der Waals surface area contributed by atoms with Crippen LogP contribution in [0.2, 0.25) is 0 Å². The number of hydrogen-bond donors (Lipinski definition) is 2. The Kier molecular flexibility index (Phi) is 4.50. The van der Waals surface area contributed by atoms with Crippen molar-refractivity contribution in [1.82, 2.24) is 25.1 Å². The number of anilines is 2. The van der Waals surface area contributed by atoms with E-state index in [2.05, 4.69) is 20.5 Å². The molecule has 0 amide bonds. The number of halogens is 1. The van der Waals surface area contributed by atoms with Crippen molar-refractivity contribution in [2.24, 2.45) is 0 Å². The summed E-state index contributed by atoms with van der Waals surface area (Å²) in [5.41, 5.74) is 3.54. The third-order valence-electron chi connectivity index (χ3n) is 5.53. The molecular formula is C21H23FN6. The van der Waals surface area contributed by atoms with E-state index in [-0.39, 0.29) is 0 Å². The van der Waals surface area contributed by atoms with Crippen LogP contribution in [0.3, 0.4) is 0 Å². The predicted octanol–water partition coefficient (Wildman–Crippen LogP) is 4.62. The summed E-state index contributed by atoms with van der Waals surface area (Å²) in [6.07, 6.45) is 7.59. The lowest BCUT2D eigenvalue weighted by molar-refractivity contribution is 0.486. The van der Waals surface area contributed by atoms with Crippen LogP contribution in [-0.2, 0) is 19.5 Å². The molecular weight excluding hydrogens is 355 g/mol. The second-order valence-corrected chi connectivity index (χ2v) is 7.62. The Hall–Kier alpha value is -2.83. The zero-order chi connectivity index (χ0) is 18.9. The number of H-pyrrole nitrogens is 1. The Bertz CT molecular complexity index is 994. The molecule has 3 aromatic rings. The van der Waals surface area contributed by atoms with Crippen LogP contribution >= 0.6 is 0 Å². The summed E-state index contributed by atoms with van der Waals surface area (Å²) in [7, 11) is 0. The zero-order valence-electron chi connectivity index (χ0n) is 15.7. The van der Waals surface area contributed by atoms with Crippen LogP contribution < -0.4 is 5.32 Å². The monoisotopic (exact) mass is 378 g/mol. The minimum Gasteiger partial charge on any atom is -0.307 e. The summed E-state index contributed by atoms with van der Waals surface area (Å²) in [6, 6.07) is 7.41. The average Bonchev–Trinajstić information content (AvgIpc) is 3.52. The van der Waals surface area contributed by atoms with Crippen LogP contribution in [0.5, 0.6) is 0 Å². The van der Waals surface area contributed by atoms with Crippen LogP contribution in [0.25, 0.3) is 11.4 Å². The van der Waals surface area contributed by atoms with E-state index in [9.17, 15) is 4.39 Å². The van der Waals surface area contributed by atoms with Crippen molar-refractivity contribution >= 4 is 11.8 Å². The first kappa shape index (κ1) is 17.3. The number of rotatable bonds is 5. The Balaban J connectivity index is 1.57. The molecule has 6 nitrogen and oxygen atoms in total. The molecule has 2 aliphatic carbocycles. The molecule has 2 N–H and O–H groups in total. The maximum Gasteiger partial charge on any atom is 0.247 e. The van der Waals surface area contributed by atoms with Crippen molar-refractivity contribution < 1.29 is 4.39 Å². The zero-order valence-corrected chi connectivity index (χ0v) is 15.7. The molecule has 0 spiro atoms. The fraction of sp³-hybridized carbons (Fsp3) is 0.429. The maximum atomic E-state index is 13.5. The molecule has 0 radical (unpaired) electrons. The van der Waals surface area contributed by atoms with Gasteiger partial charge in [-0.1, -0.05) is 30.7 Å². The number of fused-ring (bicyclic) bond motifs is 1. The smallest absolute Gasteiger partial charge is 0.247 e. The Morgan fingerprint density at radius 3 is 2.75 bits per heavy atom. The second-order valence-electron chi connectivity index (χ2n) is 7.62. The van der Waals surface area contributed by atoms with Crippen molar-refractivity contribution in [3.8, 4) is 11.4 Å². The first-order chi connectivity index (χ1) is 13.8. The van der Waals surface area contributed by atoms with Crippen molar-refractivity contribution in [2.75, 3.05) is 5.32 Å². The van der Waals surface area contributed by atoms with Gasteiger partial charge in [-0.2, -0.15) is 4.98 Å². The van der Waals surface area contributed by atoms with Crippen LogP contribution in [-0.4, -0.2) is 25.1 Å². The number of nitrogens with zero attached hydrogens (tertiary/aromatic N) is 4. The molecule has 28 heavy (non-hydrogen) atoms. The molecule has 5 rings (SSSR count). The molecule has 2 aromatic heterocycles. The van der Waals surface area contributed by atoms with Gasteiger partial charge in [0.1, 0.15) is 18.3 Å². The van der Waals surface area contributed by atoms with Gasteiger partial charge in [0.25, 0.3) is 0 Å². The van der Waals surface area contributed by atoms with E-state index in [1.165, 1.54) is 19.3 Å². The Morgan fingerprint density at radius 1 is 1.04 bits per heavy atom. The van der Waals surface area contributed by atoms with Crippen molar-refractivity contribution in [2.45, 2.75) is 57.5 Å². The van der Waals surface area contributed by atoms with E-state index in [0.29, 0.717) is 23.3 Å². The van der Waals surface area contributed by atoms with Gasteiger partial charge in [-0.15, -0.1) is 5.10 Å². The molecule has 144 valence electrons. The van der Waals surface area contributed by atoms with Crippen LogP contribution in [0.15, 0.2) is 24.3 Å². The first-order valence-corrected chi connectivity index (χ1v) is 10.0. The molecule has 0 unspecified atom stereocenters. The number of aryl methyl sites for hydroxylation is 1. The van der Waals surface area contributed by atoms with Gasteiger partial charge in [0.2, 0.25) is 5.95 Å². The molecule has 1 fully saturated rings. The van der Waals surface area contributed by atoms with E-state index in [0.717, 1.165) is 54.1 Å². The normalized spacial score (nSPS) is 16.5. The lowest BCUT2D eigenvalue weighted by Crippen LogP contribution is -2.08. The third-order valence-corrected chi connectivity index (χ3v) is 5.53. The predicted molar refractivity (Wildman–Crippen MR) is 105 cm³/mol. The van der Waals surface area contributed by atoms with E-state index in [4.69, 9.17) is 9.97 Å². The summed E-state index contributed by atoms with van der Waals surface area (Å²) >= 11 is 0. The van der Waals surface area contributed by atoms with Gasteiger partial charge in [0.15, 0.2) is 5.82 Å². The van der Waals surface area contributed by atoms with Crippen molar-refractivity contribution in [1.29, 1.82) is 0 Å². The number of aromatic nitrogens is 5. The van der Waals surface area contributed by atoms with E-state index in [1.807, 2.05) is 18.2 Å². The molecule has 1 aromatic carbocycles. The number of hydrogen-bond acceptors (Lipinski definition) is 5. The lowest BCUT2D eigenvalue weighted by atomic mass is 10.1. The topological polar surface area (TPSA) is 79.4 Å². The SMILES string of the molecule is FCc1ccccc1-c1nc2c(c(Nc3n[nH]c(C4CC4)n3)n1)CCCCC2. The van der Waals surface area contributed by atoms with Crippen LogP contribution in [0.4, 0.5) is 16.2 Å². The molecule has 7 heteroatoms. The Labute approximate surface area is 163 Å². The van der Waals surface area contributed by atoms with Crippen molar-refractivity contribution in [3.63, 3.8) is 0 Å². The van der Waals surface area contributed by atoms with Gasteiger partial charge < -0.3 is 5.32 Å². The van der Waals surface area contributed by atoms with E-state index < -0.39 is 6.67 Å². The van der Waals surface area contributed by atoms with Crippen LogP contribution in [0, 0.1) is 0 Å². The van der Waals surface area contributed by atoms with Gasteiger partial charge in [-0.25, -0.2) is 14.4 Å². The van der Waals surface area contributed by atoms with Crippen LogP contribution in [0.1, 0.15) is 60.7 Å². The van der Waals surface area contributed by atoms with Crippen molar-refractivity contribution in [3.05, 3.63) is 46.9 Å². The molecule has 0 saturated heterocycles. The quantitative estimate of drug-likeness (QED) is 0.633. The fourth-order valence-electron chi connectivity index (χ4n) is 3.83.